The number of nitrogens with zero attached hydrogens (tertiary/aromatic N) is 2. The highest BCUT2D eigenvalue weighted by molar-refractivity contribution is 5.13. The summed E-state index contributed by atoms with van der Waals surface area (Å²) in [5.74, 6) is 0. The molecule has 0 aromatic carbocycles. The summed E-state index contributed by atoms with van der Waals surface area (Å²) < 4.78 is 5.20. The Hall–Kier alpha value is -0.970. The van der Waals surface area contributed by atoms with Gasteiger partial charge in [0.15, 0.2) is 0 Å². The van der Waals surface area contributed by atoms with Gasteiger partial charge in [-0.2, -0.15) is 0 Å². The lowest BCUT2D eigenvalue weighted by Gasteiger charge is -2.26. The number of pyridine rings is 1. The molecule has 4 heteroatoms. The van der Waals surface area contributed by atoms with Crippen LogP contribution in [-0.4, -0.2) is 43.2 Å². The van der Waals surface area contributed by atoms with Crippen molar-refractivity contribution in [2.24, 2.45) is 0 Å². The monoisotopic (exact) mass is 251 g/mol. The minimum atomic E-state index is 0.416. The average molecular weight is 251 g/mol. The van der Waals surface area contributed by atoms with Crippen LogP contribution in [0.25, 0.3) is 0 Å². The van der Waals surface area contributed by atoms with Crippen LogP contribution >= 0.6 is 0 Å². The van der Waals surface area contributed by atoms with Crippen LogP contribution in [0.15, 0.2) is 18.3 Å². The van der Waals surface area contributed by atoms with Crippen molar-refractivity contribution in [3.63, 3.8) is 0 Å². The van der Waals surface area contributed by atoms with Crippen LogP contribution in [0.3, 0.4) is 0 Å². The summed E-state index contributed by atoms with van der Waals surface area (Å²) in [7, 11) is 3.69. The number of methoxy groups -OCH3 is 1. The van der Waals surface area contributed by atoms with Gasteiger partial charge in [0.25, 0.3) is 0 Å². The fourth-order valence-electron chi connectivity index (χ4n) is 1.99. The van der Waals surface area contributed by atoms with Crippen LogP contribution < -0.4 is 5.32 Å². The first-order chi connectivity index (χ1) is 8.71. The van der Waals surface area contributed by atoms with Crippen LogP contribution in [0, 0.1) is 0 Å². The van der Waals surface area contributed by atoms with E-state index in [1.165, 1.54) is 5.56 Å². The van der Waals surface area contributed by atoms with Gasteiger partial charge in [0.1, 0.15) is 0 Å². The molecule has 1 atom stereocenters. The Labute approximate surface area is 110 Å². The smallest absolute Gasteiger partial charge is 0.0615 e. The van der Waals surface area contributed by atoms with Crippen LogP contribution in [0.1, 0.15) is 25.1 Å². The molecular formula is C14H25N3O. The first-order valence-electron chi connectivity index (χ1n) is 6.52. The van der Waals surface area contributed by atoms with Crippen LogP contribution in [0.4, 0.5) is 0 Å². The quantitative estimate of drug-likeness (QED) is 0.762. The maximum absolute atomic E-state index is 5.20. The second-order valence-corrected chi connectivity index (χ2v) is 4.56. The molecule has 0 fully saturated rings. The van der Waals surface area contributed by atoms with Crippen molar-refractivity contribution in [2.75, 3.05) is 27.3 Å². The molecule has 1 N–H and O–H groups in total. The first kappa shape index (κ1) is 15.1. The summed E-state index contributed by atoms with van der Waals surface area (Å²) in [6.45, 7) is 7.85. The molecule has 0 aliphatic rings. The standard InChI is InChI=1S/C14H25N3O/c1-5-17(12(2)11-18-4)10-14-7-6-13(8-15-3)9-16-14/h6-7,9,12,15H,5,8,10-11H2,1-4H3. The Balaban J connectivity index is 2.58. The van der Waals surface area contributed by atoms with E-state index in [0.717, 1.165) is 31.9 Å². The largest absolute Gasteiger partial charge is 0.383 e. The summed E-state index contributed by atoms with van der Waals surface area (Å²) in [4.78, 5) is 6.87. The van der Waals surface area contributed by atoms with Gasteiger partial charge in [-0.15, -0.1) is 0 Å². The van der Waals surface area contributed by atoms with Gasteiger partial charge >= 0.3 is 0 Å². The maximum atomic E-state index is 5.20. The molecule has 0 bridgehead atoms. The number of ether oxygens (including phenoxy) is 1. The highest BCUT2D eigenvalue weighted by Gasteiger charge is 2.12. The van der Waals surface area contributed by atoms with Crippen molar-refractivity contribution >= 4 is 0 Å². The molecule has 1 rings (SSSR count). The Morgan fingerprint density at radius 3 is 2.72 bits per heavy atom. The molecule has 1 unspecified atom stereocenters. The second-order valence-electron chi connectivity index (χ2n) is 4.56. The Morgan fingerprint density at radius 1 is 1.44 bits per heavy atom. The lowest BCUT2D eigenvalue weighted by Crippen LogP contribution is -2.35. The van der Waals surface area contributed by atoms with Gasteiger partial charge < -0.3 is 10.1 Å². The Bertz CT molecular complexity index is 326. The van der Waals surface area contributed by atoms with Crippen LogP contribution in [0.5, 0.6) is 0 Å². The Morgan fingerprint density at radius 2 is 2.22 bits per heavy atom. The van der Waals surface area contributed by atoms with Gasteiger partial charge in [0, 0.05) is 32.4 Å². The lowest BCUT2D eigenvalue weighted by atomic mass is 10.2. The highest BCUT2D eigenvalue weighted by Crippen LogP contribution is 2.07. The van der Waals surface area contributed by atoms with Crippen LogP contribution in [-0.2, 0) is 17.8 Å². The number of hydrogen-bond donors (Lipinski definition) is 1. The third-order valence-electron chi connectivity index (χ3n) is 3.07. The zero-order chi connectivity index (χ0) is 13.4. The molecule has 0 saturated heterocycles. The third-order valence-corrected chi connectivity index (χ3v) is 3.07. The number of aromatic nitrogens is 1. The fourth-order valence-corrected chi connectivity index (χ4v) is 1.99. The fraction of sp³-hybridized carbons (Fsp3) is 0.643. The summed E-state index contributed by atoms with van der Waals surface area (Å²) in [5, 5.41) is 3.12. The highest BCUT2D eigenvalue weighted by atomic mass is 16.5. The van der Waals surface area contributed by atoms with Crippen LogP contribution in [0.2, 0.25) is 0 Å². The van der Waals surface area contributed by atoms with E-state index < -0.39 is 0 Å². The van der Waals surface area contributed by atoms with E-state index in [2.05, 4.69) is 41.2 Å². The summed E-state index contributed by atoms with van der Waals surface area (Å²) in [6.07, 6.45) is 1.95. The van der Waals surface area contributed by atoms with Gasteiger partial charge in [0.2, 0.25) is 0 Å². The number of rotatable bonds is 8. The van der Waals surface area contributed by atoms with Crippen molar-refractivity contribution in [3.05, 3.63) is 29.6 Å². The second kappa shape index (κ2) is 8.19. The molecule has 102 valence electrons. The van der Waals surface area contributed by atoms with E-state index in [1.807, 2.05) is 13.2 Å². The number of hydrogen-bond acceptors (Lipinski definition) is 4. The normalized spacial score (nSPS) is 12.9. The summed E-state index contributed by atoms with van der Waals surface area (Å²) in [6, 6.07) is 4.65. The maximum Gasteiger partial charge on any atom is 0.0615 e. The summed E-state index contributed by atoms with van der Waals surface area (Å²) >= 11 is 0. The molecule has 1 aromatic heterocycles. The zero-order valence-corrected chi connectivity index (χ0v) is 11.9. The molecule has 1 aromatic rings. The van der Waals surface area contributed by atoms with Crippen molar-refractivity contribution in [2.45, 2.75) is 33.0 Å². The number of nitrogens with one attached hydrogen (secondary N) is 1. The van der Waals surface area contributed by atoms with E-state index in [9.17, 15) is 0 Å². The molecule has 0 aliphatic carbocycles. The molecule has 0 spiro atoms. The van der Waals surface area contributed by atoms with E-state index in [1.54, 1.807) is 7.11 Å². The SMILES string of the molecule is CCN(Cc1ccc(CNC)cn1)C(C)COC. The molecule has 0 aliphatic heterocycles. The lowest BCUT2D eigenvalue weighted by molar-refractivity contribution is 0.0974. The minimum absolute atomic E-state index is 0.416. The molecular weight excluding hydrogens is 226 g/mol. The van der Waals surface area contributed by atoms with Gasteiger partial charge in [0.05, 0.1) is 12.3 Å². The van der Waals surface area contributed by atoms with Crippen molar-refractivity contribution in [1.82, 2.24) is 15.2 Å². The number of likely N-dealkylation sites (N-methyl/N-ethyl adjacent to an activating group) is 1. The van der Waals surface area contributed by atoms with Gasteiger partial charge in [-0.3, -0.25) is 9.88 Å². The van der Waals surface area contributed by atoms with E-state index in [-0.39, 0.29) is 0 Å². The van der Waals surface area contributed by atoms with Crippen molar-refractivity contribution in [3.8, 4) is 0 Å². The summed E-state index contributed by atoms with van der Waals surface area (Å²) in [5.41, 5.74) is 2.33. The molecule has 0 saturated carbocycles. The Kier molecular flexibility index (Phi) is 6.86. The third kappa shape index (κ3) is 4.72. The minimum Gasteiger partial charge on any atom is -0.383 e. The van der Waals surface area contributed by atoms with Gasteiger partial charge in [-0.25, -0.2) is 0 Å². The molecule has 0 amide bonds. The predicted molar refractivity (Wildman–Crippen MR) is 74.4 cm³/mol. The van der Waals surface area contributed by atoms with Gasteiger partial charge in [-0.1, -0.05) is 13.0 Å². The van der Waals surface area contributed by atoms with E-state index in [0.29, 0.717) is 6.04 Å². The van der Waals surface area contributed by atoms with Crippen molar-refractivity contribution in [1.29, 1.82) is 0 Å². The topological polar surface area (TPSA) is 37.4 Å². The van der Waals surface area contributed by atoms with E-state index in [4.69, 9.17) is 4.74 Å². The van der Waals surface area contributed by atoms with E-state index >= 15 is 0 Å². The predicted octanol–water partition coefficient (Wildman–Crippen LogP) is 1.66. The first-order valence-corrected chi connectivity index (χ1v) is 6.52. The zero-order valence-electron chi connectivity index (χ0n) is 11.9. The molecule has 0 radical (unpaired) electrons. The molecule has 1 heterocycles. The average Bonchev–Trinajstić information content (AvgIpc) is 2.38. The van der Waals surface area contributed by atoms with Gasteiger partial charge in [-0.05, 0) is 32.1 Å². The van der Waals surface area contributed by atoms with Crippen molar-refractivity contribution < 1.29 is 4.74 Å². The molecule has 4 nitrogen and oxygen atoms in total. The molecule has 18 heavy (non-hydrogen) atoms.